The summed E-state index contributed by atoms with van der Waals surface area (Å²) >= 11 is 0. The third kappa shape index (κ3) is 3.78. The predicted octanol–water partition coefficient (Wildman–Crippen LogP) is 6.95. The van der Waals surface area contributed by atoms with E-state index in [-0.39, 0.29) is 11.2 Å². The minimum Gasteiger partial charge on any atom is -0.206 e. The number of halogens is 3. The summed E-state index contributed by atoms with van der Waals surface area (Å²) in [5.74, 6) is 4.94. The molecule has 0 atom stereocenters. The highest BCUT2D eigenvalue weighted by atomic mass is 19.2. The monoisotopic (exact) mass is 378 g/mol. The second-order valence-corrected chi connectivity index (χ2v) is 7.74. The van der Waals surface area contributed by atoms with Gasteiger partial charge in [0.1, 0.15) is 5.82 Å². The smallest absolute Gasteiger partial charge is 0.166 e. The van der Waals surface area contributed by atoms with Crippen molar-refractivity contribution in [2.24, 2.45) is 5.92 Å². The minimum atomic E-state index is -0.874. The fraction of sp³-hybridized carbons (Fsp3) is 0.280. The van der Waals surface area contributed by atoms with Crippen molar-refractivity contribution in [2.45, 2.75) is 38.5 Å². The largest absolute Gasteiger partial charge is 0.206 e. The molecule has 0 aromatic heterocycles. The maximum absolute atomic E-state index is 14.5. The first kappa shape index (κ1) is 18.6. The van der Waals surface area contributed by atoms with E-state index in [0.29, 0.717) is 22.4 Å². The average Bonchev–Trinajstić information content (AvgIpc) is 2.70. The Kier molecular flexibility index (Phi) is 5.13. The summed E-state index contributed by atoms with van der Waals surface area (Å²) in [5, 5.41) is 0.774. The molecule has 0 heterocycles. The molecule has 3 aromatic rings. The van der Waals surface area contributed by atoms with Crippen LogP contribution in [-0.4, -0.2) is 0 Å². The van der Waals surface area contributed by atoms with E-state index in [1.165, 1.54) is 25.0 Å². The van der Waals surface area contributed by atoms with Crippen molar-refractivity contribution in [3.63, 3.8) is 0 Å². The predicted molar refractivity (Wildman–Crippen MR) is 107 cm³/mol. The average molecular weight is 378 g/mol. The summed E-state index contributed by atoms with van der Waals surface area (Å²) < 4.78 is 41.6. The fourth-order valence-corrected chi connectivity index (χ4v) is 3.96. The number of rotatable bonds is 1. The van der Waals surface area contributed by atoms with Crippen LogP contribution in [-0.2, 0) is 0 Å². The Morgan fingerprint density at radius 2 is 1.57 bits per heavy atom. The molecule has 0 unspecified atom stereocenters. The Hall–Kier alpha value is -2.73. The first-order valence-electron chi connectivity index (χ1n) is 9.70. The molecular formula is C25H21F3. The summed E-state index contributed by atoms with van der Waals surface area (Å²) in [5.41, 5.74) is 2.03. The van der Waals surface area contributed by atoms with Crippen molar-refractivity contribution < 1.29 is 13.2 Å². The van der Waals surface area contributed by atoms with Gasteiger partial charge in [0.25, 0.3) is 0 Å². The summed E-state index contributed by atoms with van der Waals surface area (Å²) in [6.45, 7) is 2.27. The van der Waals surface area contributed by atoms with Gasteiger partial charge in [-0.3, -0.25) is 0 Å². The van der Waals surface area contributed by atoms with E-state index in [9.17, 15) is 13.2 Å². The van der Waals surface area contributed by atoms with Gasteiger partial charge in [0.05, 0.1) is 5.56 Å². The van der Waals surface area contributed by atoms with E-state index in [4.69, 9.17) is 0 Å². The molecule has 1 saturated carbocycles. The lowest BCUT2D eigenvalue weighted by molar-refractivity contribution is 0.347. The van der Waals surface area contributed by atoms with Crippen LogP contribution in [0, 0.1) is 35.2 Å². The highest BCUT2D eigenvalue weighted by molar-refractivity contribution is 5.84. The Morgan fingerprint density at radius 1 is 0.786 bits per heavy atom. The first-order valence-corrected chi connectivity index (χ1v) is 9.70. The fourth-order valence-electron chi connectivity index (χ4n) is 3.96. The molecule has 0 radical (unpaired) electrons. The molecular weight excluding hydrogens is 357 g/mol. The molecule has 4 rings (SSSR count). The normalized spacial score (nSPS) is 19.3. The number of fused-ring (bicyclic) bond motifs is 1. The van der Waals surface area contributed by atoms with Crippen LogP contribution in [0.3, 0.4) is 0 Å². The lowest BCUT2D eigenvalue weighted by atomic mass is 9.79. The number of benzene rings is 3. The van der Waals surface area contributed by atoms with Crippen LogP contribution in [0.25, 0.3) is 10.8 Å². The van der Waals surface area contributed by atoms with Crippen molar-refractivity contribution in [3.05, 3.63) is 82.7 Å². The van der Waals surface area contributed by atoms with Crippen LogP contribution in [0.1, 0.15) is 55.2 Å². The molecule has 28 heavy (non-hydrogen) atoms. The molecule has 142 valence electrons. The van der Waals surface area contributed by atoms with Crippen LogP contribution >= 0.6 is 0 Å². The van der Waals surface area contributed by atoms with Crippen molar-refractivity contribution in [1.82, 2.24) is 0 Å². The zero-order valence-electron chi connectivity index (χ0n) is 15.7. The molecule has 1 aliphatic carbocycles. The van der Waals surface area contributed by atoms with Gasteiger partial charge < -0.3 is 0 Å². The van der Waals surface area contributed by atoms with Crippen molar-refractivity contribution >= 4 is 10.8 Å². The minimum absolute atomic E-state index is 0.211. The Labute approximate surface area is 163 Å². The van der Waals surface area contributed by atoms with Gasteiger partial charge in [-0.2, -0.15) is 0 Å². The summed E-state index contributed by atoms with van der Waals surface area (Å²) in [6, 6.07) is 12.7. The van der Waals surface area contributed by atoms with Crippen molar-refractivity contribution in [2.75, 3.05) is 0 Å². The SMILES string of the molecule is CC1CCC(c2ccc(C#Cc3ccc4c(F)c(F)ccc4c3)c(F)c2)CC1. The standard InChI is InChI=1S/C25H21F3/c1-16-2-6-18(7-3-16)20-10-9-19(24(27)15-20)8-4-17-5-12-22-21(14-17)11-13-23(26)25(22)28/h5,9-16,18H,2-3,6-7H2,1H3. The maximum atomic E-state index is 14.5. The van der Waals surface area contributed by atoms with E-state index in [2.05, 4.69) is 18.8 Å². The lowest BCUT2D eigenvalue weighted by Gasteiger charge is -2.26. The molecule has 0 N–H and O–H groups in total. The van der Waals surface area contributed by atoms with E-state index in [1.807, 2.05) is 6.07 Å². The molecule has 0 nitrogen and oxygen atoms in total. The molecule has 3 aromatic carbocycles. The van der Waals surface area contributed by atoms with Gasteiger partial charge in [-0.1, -0.05) is 49.8 Å². The number of hydrogen-bond acceptors (Lipinski definition) is 0. The van der Waals surface area contributed by atoms with Crippen LogP contribution in [0.2, 0.25) is 0 Å². The molecule has 0 aliphatic heterocycles. The lowest BCUT2D eigenvalue weighted by Crippen LogP contribution is -2.11. The maximum Gasteiger partial charge on any atom is 0.166 e. The Balaban J connectivity index is 1.57. The van der Waals surface area contributed by atoms with Crippen molar-refractivity contribution in [1.29, 1.82) is 0 Å². The second kappa shape index (κ2) is 7.72. The van der Waals surface area contributed by atoms with E-state index in [1.54, 1.807) is 24.3 Å². The Bertz CT molecular complexity index is 1080. The number of hydrogen-bond donors (Lipinski definition) is 0. The molecule has 0 spiro atoms. The highest BCUT2D eigenvalue weighted by Crippen LogP contribution is 2.35. The van der Waals surface area contributed by atoms with Crippen LogP contribution < -0.4 is 0 Å². The topological polar surface area (TPSA) is 0 Å². The second-order valence-electron chi connectivity index (χ2n) is 7.74. The third-order valence-electron chi connectivity index (χ3n) is 5.73. The van der Waals surface area contributed by atoms with Gasteiger partial charge in [0.15, 0.2) is 11.6 Å². The van der Waals surface area contributed by atoms with E-state index in [0.717, 1.165) is 30.4 Å². The van der Waals surface area contributed by atoms with Crippen molar-refractivity contribution in [3.8, 4) is 11.8 Å². The van der Waals surface area contributed by atoms with Crippen LogP contribution in [0.15, 0.2) is 48.5 Å². The third-order valence-corrected chi connectivity index (χ3v) is 5.73. The summed E-state index contributed by atoms with van der Waals surface area (Å²) in [4.78, 5) is 0. The van der Waals surface area contributed by atoms with Gasteiger partial charge in [-0.25, -0.2) is 13.2 Å². The van der Waals surface area contributed by atoms with E-state index >= 15 is 0 Å². The van der Waals surface area contributed by atoms with Gasteiger partial charge in [-0.15, -0.1) is 0 Å². The molecule has 1 aliphatic rings. The molecule has 1 fully saturated rings. The van der Waals surface area contributed by atoms with Crippen LogP contribution in [0.5, 0.6) is 0 Å². The zero-order chi connectivity index (χ0) is 19.7. The summed E-state index contributed by atoms with van der Waals surface area (Å²) in [6.07, 6.45) is 4.61. The summed E-state index contributed by atoms with van der Waals surface area (Å²) in [7, 11) is 0. The molecule has 0 amide bonds. The van der Waals surface area contributed by atoms with Gasteiger partial charge in [0.2, 0.25) is 0 Å². The van der Waals surface area contributed by atoms with Crippen LogP contribution in [0.4, 0.5) is 13.2 Å². The molecule has 3 heteroatoms. The van der Waals surface area contributed by atoms with Gasteiger partial charge >= 0.3 is 0 Å². The zero-order valence-corrected chi connectivity index (χ0v) is 15.7. The quantitative estimate of drug-likeness (QED) is 0.402. The first-order chi connectivity index (χ1) is 13.5. The highest BCUT2D eigenvalue weighted by Gasteiger charge is 2.20. The Morgan fingerprint density at radius 3 is 2.32 bits per heavy atom. The van der Waals surface area contributed by atoms with Gasteiger partial charge in [0, 0.05) is 10.9 Å². The van der Waals surface area contributed by atoms with E-state index < -0.39 is 11.6 Å². The van der Waals surface area contributed by atoms with Gasteiger partial charge in [-0.05, 0) is 66.0 Å². The molecule has 0 bridgehead atoms. The molecule has 0 saturated heterocycles.